The molecule has 0 atom stereocenters. The molecule has 120 valence electrons. The van der Waals surface area contributed by atoms with Gasteiger partial charge in [-0.3, -0.25) is 9.78 Å². The van der Waals surface area contributed by atoms with Crippen LogP contribution < -0.4 is 10.5 Å². The molecule has 0 spiro atoms. The molecule has 2 aromatic heterocycles. The summed E-state index contributed by atoms with van der Waals surface area (Å²) in [6.45, 7) is 4.70. The van der Waals surface area contributed by atoms with E-state index in [1.165, 1.54) is 24.1 Å². The summed E-state index contributed by atoms with van der Waals surface area (Å²) in [5.74, 6) is 0.496. The van der Waals surface area contributed by atoms with E-state index in [1.54, 1.807) is 4.68 Å². The molecule has 2 aromatic rings. The zero-order valence-corrected chi connectivity index (χ0v) is 13.5. The lowest BCUT2D eigenvalue weighted by molar-refractivity contribution is 0.331. The Morgan fingerprint density at radius 2 is 2.04 bits per heavy atom. The summed E-state index contributed by atoms with van der Waals surface area (Å²) < 4.78 is 1.68. The standard InChI is InChI=1S/C18H22N4O/c1-13-8-16(6-7-19-13)21-10-14(11-21)12-22-18(23)9-15-4-2-3-5-17(15)20-22/h6-9,14H,2-5,10-12H2,1H3. The fourth-order valence-corrected chi connectivity index (χ4v) is 3.60. The van der Waals surface area contributed by atoms with E-state index in [9.17, 15) is 4.79 Å². The van der Waals surface area contributed by atoms with Gasteiger partial charge >= 0.3 is 0 Å². The molecule has 3 heterocycles. The summed E-state index contributed by atoms with van der Waals surface area (Å²) in [6.07, 6.45) is 6.26. The molecule has 0 N–H and O–H groups in total. The molecule has 0 saturated carbocycles. The van der Waals surface area contributed by atoms with Gasteiger partial charge < -0.3 is 4.90 Å². The van der Waals surface area contributed by atoms with Crippen molar-refractivity contribution in [3.8, 4) is 0 Å². The van der Waals surface area contributed by atoms with E-state index in [2.05, 4.69) is 21.0 Å². The third kappa shape index (κ3) is 2.87. The summed E-state index contributed by atoms with van der Waals surface area (Å²) in [4.78, 5) is 18.8. The van der Waals surface area contributed by atoms with Crippen LogP contribution in [-0.4, -0.2) is 27.9 Å². The number of pyridine rings is 1. The number of aromatic nitrogens is 3. The van der Waals surface area contributed by atoms with E-state index in [0.29, 0.717) is 5.92 Å². The maximum Gasteiger partial charge on any atom is 0.267 e. The first-order chi connectivity index (χ1) is 11.2. The van der Waals surface area contributed by atoms with Crippen molar-refractivity contribution < 1.29 is 0 Å². The van der Waals surface area contributed by atoms with Crippen molar-refractivity contribution in [1.29, 1.82) is 0 Å². The van der Waals surface area contributed by atoms with Crippen LogP contribution in [0.3, 0.4) is 0 Å². The summed E-state index contributed by atoms with van der Waals surface area (Å²) in [7, 11) is 0. The highest BCUT2D eigenvalue weighted by Gasteiger charge is 2.28. The maximum absolute atomic E-state index is 12.2. The van der Waals surface area contributed by atoms with Gasteiger partial charge in [-0.1, -0.05) is 0 Å². The Kier molecular flexibility index (Phi) is 3.63. The van der Waals surface area contributed by atoms with Crippen LogP contribution in [0, 0.1) is 12.8 Å². The van der Waals surface area contributed by atoms with Gasteiger partial charge in [-0.25, -0.2) is 4.68 Å². The molecule has 5 nitrogen and oxygen atoms in total. The molecule has 1 aliphatic heterocycles. The van der Waals surface area contributed by atoms with Gasteiger partial charge in [-0.15, -0.1) is 0 Å². The van der Waals surface area contributed by atoms with E-state index >= 15 is 0 Å². The fourth-order valence-electron chi connectivity index (χ4n) is 3.60. The fraction of sp³-hybridized carbons (Fsp3) is 0.500. The molecule has 1 saturated heterocycles. The molecule has 0 amide bonds. The molecule has 1 fully saturated rings. The minimum Gasteiger partial charge on any atom is -0.371 e. The predicted molar refractivity (Wildman–Crippen MR) is 89.8 cm³/mol. The van der Waals surface area contributed by atoms with Crippen LogP contribution in [-0.2, 0) is 19.4 Å². The Hall–Kier alpha value is -2.17. The molecule has 5 heteroatoms. The topological polar surface area (TPSA) is 51.0 Å². The zero-order valence-electron chi connectivity index (χ0n) is 13.5. The third-order valence-corrected chi connectivity index (χ3v) is 4.91. The number of nitrogens with zero attached hydrogens (tertiary/aromatic N) is 4. The number of anilines is 1. The van der Waals surface area contributed by atoms with Gasteiger partial charge in [0.1, 0.15) is 0 Å². The van der Waals surface area contributed by atoms with E-state index in [0.717, 1.165) is 43.9 Å². The van der Waals surface area contributed by atoms with Gasteiger partial charge in [0.25, 0.3) is 5.56 Å². The van der Waals surface area contributed by atoms with Crippen LogP contribution in [0.1, 0.15) is 29.8 Å². The van der Waals surface area contributed by atoms with Crippen molar-refractivity contribution in [3.63, 3.8) is 0 Å². The summed E-state index contributed by atoms with van der Waals surface area (Å²) in [5.41, 5.74) is 4.62. The first-order valence-electron chi connectivity index (χ1n) is 8.46. The van der Waals surface area contributed by atoms with Gasteiger partial charge in [0.05, 0.1) is 12.2 Å². The molecule has 4 rings (SSSR count). The van der Waals surface area contributed by atoms with Crippen molar-refractivity contribution in [3.05, 3.63) is 51.7 Å². The Bertz CT molecular complexity index is 777. The van der Waals surface area contributed by atoms with Crippen molar-refractivity contribution in [1.82, 2.24) is 14.8 Å². The lowest BCUT2D eigenvalue weighted by Gasteiger charge is -2.41. The van der Waals surface area contributed by atoms with Crippen LogP contribution in [0.4, 0.5) is 5.69 Å². The van der Waals surface area contributed by atoms with Gasteiger partial charge in [-0.05, 0) is 50.3 Å². The largest absolute Gasteiger partial charge is 0.371 e. The smallest absolute Gasteiger partial charge is 0.267 e. The Morgan fingerprint density at radius 1 is 1.22 bits per heavy atom. The molecular weight excluding hydrogens is 288 g/mol. The van der Waals surface area contributed by atoms with Crippen LogP contribution in [0.2, 0.25) is 0 Å². The van der Waals surface area contributed by atoms with Gasteiger partial charge in [0.2, 0.25) is 0 Å². The number of aryl methyl sites for hydroxylation is 3. The molecule has 0 bridgehead atoms. The average Bonchev–Trinajstić information content (AvgIpc) is 2.50. The Morgan fingerprint density at radius 3 is 2.87 bits per heavy atom. The lowest BCUT2D eigenvalue weighted by Crippen LogP contribution is -2.49. The van der Waals surface area contributed by atoms with E-state index in [-0.39, 0.29) is 5.56 Å². The van der Waals surface area contributed by atoms with Gasteiger partial charge in [0, 0.05) is 42.7 Å². The molecule has 1 aliphatic carbocycles. The normalized spacial score (nSPS) is 17.7. The minimum atomic E-state index is 0.0591. The zero-order chi connectivity index (χ0) is 15.8. The number of hydrogen-bond donors (Lipinski definition) is 0. The second kappa shape index (κ2) is 5.80. The number of hydrogen-bond acceptors (Lipinski definition) is 4. The number of fused-ring (bicyclic) bond motifs is 1. The molecule has 23 heavy (non-hydrogen) atoms. The Balaban J connectivity index is 1.43. The number of rotatable bonds is 3. The van der Waals surface area contributed by atoms with Crippen LogP contribution in [0.25, 0.3) is 0 Å². The predicted octanol–water partition coefficient (Wildman–Crippen LogP) is 1.96. The van der Waals surface area contributed by atoms with E-state index in [4.69, 9.17) is 0 Å². The highest BCUT2D eigenvalue weighted by molar-refractivity contribution is 5.48. The van der Waals surface area contributed by atoms with Crippen molar-refractivity contribution in [2.75, 3.05) is 18.0 Å². The Labute approximate surface area is 136 Å². The highest BCUT2D eigenvalue weighted by atomic mass is 16.1. The second-order valence-electron chi connectivity index (χ2n) is 6.77. The van der Waals surface area contributed by atoms with Crippen molar-refractivity contribution in [2.24, 2.45) is 5.92 Å². The van der Waals surface area contributed by atoms with Crippen LogP contribution >= 0.6 is 0 Å². The van der Waals surface area contributed by atoms with Crippen LogP contribution in [0.15, 0.2) is 29.2 Å². The minimum absolute atomic E-state index is 0.0591. The maximum atomic E-state index is 12.2. The molecule has 0 unspecified atom stereocenters. The first-order valence-corrected chi connectivity index (χ1v) is 8.46. The van der Waals surface area contributed by atoms with Gasteiger partial charge in [0.15, 0.2) is 0 Å². The summed E-state index contributed by atoms with van der Waals surface area (Å²) >= 11 is 0. The lowest BCUT2D eigenvalue weighted by atomic mass is 9.96. The van der Waals surface area contributed by atoms with Crippen LogP contribution in [0.5, 0.6) is 0 Å². The summed E-state index contributed by atoms with van der Waals surface area (Å²) in [5, 5.41) is 4.62. The first kappa shape index (κ1) is 14.4. The van der Waals surface area contributed by atoms with Crippen molar-refractivity contribution in [2.45, 2.75) is 39.2 Å². The molecule has 0 radical (unpaired) electrons. The second-order valence-corrected chi connectivity index (χ2v) is 6.77. The molecular formula is C18H22N4O. The van der Waals surface area contributed by atoms with Crippen molar-refractivity contribution >= 4 is 5.69 Å². The average molecular weight is 310 g/mol. The monoisotopic (exact) mass is 310 g/mol. The SMILES string of the molecule is Cc1cc(N2CC(Cn3nc4c(cc3=O)CCCC4)C2)ccn1. The highest BCUT2D eigenvalue weighted by Crippen LogP contribution is 2.25. The van der Waals surface area contributed by atoms with E-state index in [1.807, 2.05) is 25.3 Å². The quantitative estimate of drug-likeness (QED) is 0.869. The molecule has 2 aliphatic rings. The third-order valence-electron chi connectivity index (χ3n) is 4.91. The van der Waals surface area contributed by atoms with Gasteiger partial charge in [-0.2, -0.15) is 5.10 Å². The molecule has 0 aromatic carbocycles. The van der Waals surface area contributed by atoms with E-state index < -0.39 is 0 Å². The summed E-state index contributed by atoms with van der Waals surface area (Å²) in [6, 6.07) is 5.97.